The van der Waals surface area contributed by atoms with Crippen LogP contribution in [0.25, 0.3) is 0 Å². The minimum absolute atomic E-state index is 0.506. The Kier molecular flexibility index (Phi) is 2.85. The van der Waals surface area contributed by atoms with Crippen molar-refractivity contribution in [3.8, 4) is 0 Å². The lowest BCUT2D eigenvalue weighted by molar-refractivity contribution is 0.193. The average molecular weight is 196 g/mol. The summed E-state index contributed by atoms with van der Waals surface area (Å²) in [5.74, 6) is 1.89. The van der Waals surface area contributed by atoms with Crippen molar-refractivity contribution in [2.75, 3.05) is 32.7 Å². The number of rotatable bonds is 3. The maximum absolute atomic E-state index is 3.49. The Balaban J connectivity index is 1.84. The molecule has 0 aromatic rings. The fourth-order valence-corrected chi connectivity index (χ4v) is 2.80. The van der Waals surface area contributed by atoms with E-state index in [1.807, 2.05) is 0 Å². The molecule has 2 heterocycles. The van der Waals surface area contributed by atoms with E-state index in [4.69, 9.17) is 0 Å². The lowest BCUT2D eigenvalue weighted by atomic mass is 9.90. The molecule has 2 aliphatic rings. The van der Waals surface area contributed by atoms with Gasteiger partial charge in [-0.05, 0) is 36.8 Å². The fraction of sp³-hybridized carbons (Fsp3) is 1.00. The fourth-order valence-electron chi connectivity index (χ4n) is 2.80. The third kappa shape index (κ3) is 2.12. The zero-order chi connectivity index (χ0) is 10.2. The van der Waals surface area contributed by atoms with Crippen molar-refractivity contribution in [2.45, 2.75) is 27.2 Å². The van der Waals surface area contributed by atoms with Crippen molar-refractivity contribution in [3.63, 3.8) is 0 Å². The van der Waals surface area contributed by atoms with Crippen molar-refractivity contribution >= 4 is 0 Å². The van der Waals surface area contributed by atoms with Gasteiger partial charge in [0.15, 0.2) is 0 Å². The summed E-state index contributed by atoms with van der Waals surface area (Å²) in [7, 11) is 0. The third-order valence-electron chi connectivity index (χ3n) is 4.07. The Morgan fingerprint density at radius 2 is 1.79 bits per heavy atom. The minimum Gasteiger partial charge on any atom is -0.316 e. The summed E-state index contributed by atoms with van der Waals surface area (Å²) < 4.78 is 0. The lowest BCUT2D eigenvalue weighted by Crippen LogP contribution is -2.34. The standard InChI is InChI=1S/C12H24N2/c1-4-12(2,3)9-14-7-10-5-13-6-11(10)8-14/h10-11,13H,4-9H2,1-3H3/t10-,11+. The van der Waals surface area contributed by atoms with Gasteiger partial charge < -0.3 is 10.2 Å². The first-order valence-electron chi connectivity index (χ1n) is 6.04. The molecule has 0 saturated carbocycles. The van der Waals surface area contributed by atoms with Gasteiger partial charge in [-0.2, -0.15) is 0 Å². The quantitative estimate of drug-likeness (QED) is 0.737. The van der Waals surface area contributed by atoms with Crippen LogP contribution < -0.4 is 5.32 Å². The third-order valence-corrected chi connectivity index (χ3v) is 4.07. The Labute approximate surface area is 88.1 Å². The molecular weight excluding hydrogens is 172 g/mol. The first-order valence-corrected chi connectivity index (χ1v) is 6.04. The SMILES string of the molecule is CCC(C)(C)CN1C[C@H]2CNC[C@H]2C1. The summed E-state index contributed by atoms with van der Waals surface area (Å²) in [5, 5.41) is 3.49. The molecule has 0 aromatic heterocycles. The molecule has 0 bridgehead atoms. The van der Waals surface area contributed by atoms with Crippen LogP contribution >= 0.6 is 0 Å². The second-order valence-corrected chi connectivity index (χ2v) is 5.89. The molecule has 2 aliphatic heterocycles. The molecule has 0 radical (unpaired) electrons. The maximum atomic E-state index is 3.49. The van der Waals surface area contributed by atoms with Crippen LogP contribution in [-0.4, -0.2) is 37.6 Å². The highest BCUT2D eigenvalue weighted by atomic mass is 15.2. The summed E-state index contributed by atoms with van der Waals surface area (Å²) in [6.45, 7) is 13.6. The molecule has 2 saturated heterocycles. The van der Waals surface area contributed by atoms with E-state index in [0.29, 0.717) is 5.41 Å². The van der Waals surface area contributed by atoms with Gasteiger partial charge in [0.05, 0.1) is 0 Å². The Hall–Kier alpha value is -0.0800. The minimum atomic E-state index is 0.506. The zero-order valence-electron chi connectivity index (χ0n) is 9.84. The predicted molar refractivity (Wildman–Crippen MR) is 60.4 cm³/mol. The molecule has 0 unspecified atom stereocenters. The van der Waals surface area contributed by atoms with Crippen molar-refractivity contribution in [2.24, 2.45) is 17.3 Å². The van der Waals surface area contributed by atoms with Gasteiger partial charge in [0.25, 0.3) is 0 Å². The van der Waals surface area contributed by atoms with Crippen molar-refractivity contribution in [3.05, 3.63) is 0 Å². The smallest absolute Gasteiger partial charge is 0.00328 e. The number of fused-ring (bicyclic) bond motifs is 1. The molecule has 2 fully saturated rings. The molecule has 2 heteroatoms. The Morgan fingerprint density at radius 1 is 1.21 bits per heavy atom. The molecule has 0 amide bonds. The summed E-state index contributed by atoms with van der Waals surface area (Å²) in [5.41, 5.74) is 0.506. The normalized spacial score (nSPS) is 33.6. The summed E-state index contributed by atoms with van der Waals surface area (Å²) in [4.78, 5) is 2.68. The predicted octanol–water partition coefficient (Wildman–Crippen LogP) is 1.57. The number of nitrogens with one attached hydrogen (secondary N) is 1. The Bertz CT molecular complexity index is 188. The van der Waals surface area contributed by atoms with Crippen LogP contribution in [0.2, 0.25) is 0 Å². The molecule has 14 heavy (non-hydrogen) atoms. The van der Waals surface area contributed by atoms with Crippen LogP contribution in [-0.2, 0) is 0 Å². The van der Waals surface area contributed by atoms with Crippen LogP contribution in [0.1, 0.15) is 27.2 Å². The van der Waals surface area contributed by atoms with E-state index in [9.17, 15) is 0 Å². The molecule has 0 spiro atoms. The van der Waals surface area contributed by atoms with Gasteiger partial charge in [0.1, 0.15) is 0 Å². The molecule has 0 aliphatic carbocycles. The number of hydrogen-bond acceptors (Lipinski definition) is 2. The van der Waals surface area contributed by atoms with Gasteiger partial charge in [0.2, 0.25) is 0 Å². The van der Waals surface area contributed by atoms with E-state index in [0.717, 1.165) is 11.8 Å². The molecule has 1 N–H and O–H groups in total. The van der Waals surface area contributed by atoms with Crippen LogP contribution in [0.4, 0.5) is 0 Å². The van der Waals surface area contributed by atoms with E-state index in [-0.39, 0.29) is 0 Å². The summed E-state index contributed by atoms with van der Waals surface area (Å²) >= 11 is 0. The highest BCUT2D eigenvalue weighted by molar-refractivity contribution is 4.92. The largest absolute Gasteiger partial charge is 0.316 e. The molecular formula is C12H24N2. The van der Waals surface area contributed by atoms with Crippen molar-refractivity contribution in [1.29, 1.82) is 0 Å². The number of nitrogens with zero attached hydrogens (tertiary/aromatic N) is 1. The molecule has 2 nitrogen and oxygen atoms in total. The van der Waals surface area contributed by atoms with Gasteiger partial charge in [-0.3, -0.25) is 0 Å². The lowest BCUT2D eigenvalue weighted by Gasteiger charge is -2.29. The van der Waals surface area contributed by atoms with Crippen LogP contribution in [0.3, 0.4) is 0 Å². The van der Waals surface area contributed by atoms with Crippen LogP contribution in [0.15, 0.2) is 0 Å². The van der Waals surface area contributed by atoms with Crippen LogP contribution in [0.5, 0.6) is 0 Å². The highest BCUT2D eigenvalue weighted by Crippen LogP contribution is 2.30. The van der Waals surface area contributed by atoms with Crippen LogP contribution in [0, 0.1) is 17.3 Å². The van der Waals surface area contributed by atoms with Crippen molar-refractivity contribution < 1.29 is 0 Å². The second-order valence-electron chi connectivity index (χ2n) is 5.89. The Morgan fingerprint density at radius 3 is 2.29 bits per heavy atom. The van der Waals surface area contributed by atoms with Gasteiger partial charge in [0, 0.05) is 19.6 Å². The van der Waals surface area contributed by atoms with E-state index < -0.39 is 0 Å². The van der Waals surface area contributed by atoms with Gasteiger partial charge in [-0.1, -0.05) is 20.8 Å². The number of hydrogen-bond donors (Lipinski definition) is 1. The molecule has 2 atom stereocenters. The number of likely N-dealkylation sites (tertiary alicyclic amines) is 1. The summed E-state index contributed by atoms with van der Waals surface area (Å²) in [6, 6.07) is 0. The first kappa shape index (κ1) is 10.4. The van der Waals surface area contributed by atoms with E-state index in [1.165, 1.54) is 39.1 Å². The van der Waals surface area contributed by atoms with Gasteiger partial charge >= 0.3 is 0 Å². The van der Waals surface area contributed by atoms with Gasteiger partial charge in [-0.15, -0.1) is 0 Å². The van der Waals surface area contributed by atoms with E-state index in [1.54, 1.807) is 0 Å². The topological polar surface area (TPSA) is 15.3 Å². The molecule has 2 rings (SSSR count). The van der Waals surface area contributed by atoms with Crippen molar-refractivity contribution in [1.82, 2.24) is 10.2 Å². The summed E-state index contributed by atoms with van der Waals surface area (Å²) in [6.07, 6.45) is 1.29. The average Bonchev–Trinajstić information content (AvgIpc) is 2.63. The monoisotopic (exact) mass is 196 g/mol. The second kappa shape index (κ2) is 3.82. The zero-order valence-corrected chi connectivity index (χ0v) is 9.84. The molecule has 0 aromatic carbocycles. The maximum Gasteiger partial charge on any atom is 0.00328 e. The first-order chi connectivity index (χ1) is 6.61. The van der Waals surface area contributed by atoms with E-state index >= 15 is 0 Å². The van der Waals surface area contributed by atoms with E-state index in [2.05, 4.69) is 31.0 Å². The van der Waals surface area contributed by atoms with Gasteiger partial charge in [-0.25, -0.2) is 0 Å². The molecule has 82 valence electrons. The highest BCUT2D eigenvalue weighted by Gasteiger charge is 2.37.